The van der Waals surface area contributed by atoms with Crippen molar-refractivity contribution < 1.29 is 23.6 Å². The van der Waals surface area contributed by atoms with Gasteiger partial charge in [0.05, 0.1) is 11.3 Å². The predicted molar refractivity (Wildman–Crippen MR) is 112 cm³/mol. The molecule has 2 aromatic carbocycles. The molecule has 0 radical (unpaired) electrons. The van der Waals surface area contributed by atoms with Gasteiger partial charge < -0.3 is 18.9 Å². The average molecular weight is 410 g/mol. The van der Waals surface area contributed by atoms with E-state index in [2.05, 4.69) is 5.16 Å². The topological polar surface area (TPSA) is 81.9 Å². The summed E-state index contributed by atoms with van der Waals surface area (Å²) in [6.45, 7) is 8.44. The van der Waals surface area contributed by atoms with Crippen LogP contribution in [0.1, 0.15) is 41.2 Å². The first-order chi connectivity index (χ1) is 14.4. The van der Waals surface area contributed by atoms with Crippen molar-refractivity contribution in [1.29, 1.82) is 0 Å². The van der Waals surface area contributed by atoms with E-state index in [9.17, 15) is 9.59 Å². The fourth-order valence-electron chi connectivity index (χ4n) is 3.23. The summed E-state index contributed by atoms with van der Waals surface area (Å²) in [7, 11) is 0. The van der Waals surface area contributed by atoms with E-state index in [1.54, 1.807) is 17.0 Å². The van der Waals surface area contributed by atoms with Gasteiger partial charge in [-0.2, -0.15) is 0 Å². The number of aromatic nitrogens is 1. The molecule has 1 heterocycles. The predicted octanol–water partition coefficient (Wildman–Crippen LogP) is 4.05. The van der Waals surface area contributed by atoms with Gasteiger partial charge in [0.25, 0.3) is 5.91 Å². The van der Waals surface area contributed by atoms with Gasteiger partial charge in [0.2, 0.25) is 0 Å². The minimum absolute atomic E-state index is 0.207. The number of benzene rings is 2. The molecule has 30 heavy (non-hydrogen) atoms. The number of esters is 1. The third kappa shape index (κ3) is 4.62. The molecule has 7 nitrogen and oxygen atoms in total. The third-order valence-electron chi connectivity index (χ3n) is 5.06. The molecule has 0 aliphatic heterocycles. The fraction of sp³-hybridized carbons (Fsp3) is 0.348. The zero-order valence-corrected chi connectivity index (χ0v) is 17.7. The monoisotopic (exact) mass is 410 g/mol. The van der Waals surface area contributed by atoms with Gasteiger partial charge in [-0.15, -0.1) is 0 Å². The minimum atomic E-state index is -0.602. The molecule has 1 amide bonds. The standard InChI is InChI=1S/C23H26N2O5/c1-5-25(6-2)22(26)14-29-23(27)19-11-17-9-7-8-10-18(17)12-21(19)28-13-20-15(3)24-30-16(20)4/h7-12H,5-6,13-14H2,1-4H3. The Morgan fingerprint density at radius 1 is 1.07 bits per heavy atom. The molecule has 3 rings (SSSR count). The number of ether oxygens (including phenoxy) is 2. The first kappa shape index (κ1) is 21.4. The van der Waals surface area contributed by atoms with E-state index in [0.717, 1.165) is 22.0 Å². The van der Waals surface area contributed by atoms with Crippen LogP contribution in [0.2, 0.25) is 0 Å². The van der Waals surface area contributed by atoms with E-state index in [1.165, 1.54) is 0 Å². The number of amides is 1. The van der Waals surface area contributed by atoms with Crippen molar-refractivity contribution >= 4 is 22.6 Å². The average Bonchev–Trinajstić information content (AvgIpc) is 3.08. The second-order valence-electron chi connectivity index (χ2n) is 6.93. The van der Waals surface area contributed by atoms with Crippen LogP contribution in [0.15, 0.2) is 40.9 Å². The van der Waals surface area contributed by atoms with Gasteiger partial charge in [-0.3, -0.25) is 4.79 Å². The highest BCUT2D eigenvalue weighted by molar-refractivity contribution is 5.99. The van der Waals surface area contributed by atoms with Crippen LogP contribution in [-0.4, -0.2) is 41.6 Å². The zero-order chi connectivity index (χ0) is 21.7. The van der Waals surface area contributed by atoms with E-state index in [0.29, 0.717) is 24.6 Å². The molecule has 3 aromatic rings. The Bertz CT molecular complexity index is 1030. The summed E-state index contributed by atoms with van der Waals surface area (Å²) < 4.78 is 16.5. The zero-order valence-electron chi connectivity index (χ0n) is 17.7. The lowest BCUT2D eigenvalue weighted by Gasteiger charge is -2.18. The first-order valence-corrected chi connectivity index (χ1v) is 9.96. The van der Waals surface area contributed by atoms with Crippen LogP contribution < -0.4 is 4.74 Å². The van der Waals surface area contributed by atoms with Gasteiger partial charge in [0.15, 0.2) is 6.61 Å². The quantitative estimate of drug-likeness (QED) is 0.521. The van der Waals surface area contributed by atoms with Crippen LogP contribution >= 0.6 is 0 Å². The van der Waals surface area contributed by atoms with Crippen LogP contribution in [0, 0.1) is 13.8 Å². The molecule has 0 aliphatic rings. The van der Waals surface area contributed by atoms with Crippen molar-refractivity contribution in [2.75, 3.05) is 19.7 Å². The lowest BCUT2D eigenvalue weighted by Crippen LogP contribution is -2.34. The number of aryl methyl sites for hydroxylation is 2. The summed E-state index contributed by atoms with van der Waals surface area (Å²) in [6.07, 6.45) is 0. The van der Waals surface area contributed by atoms with Crippen LogP contribution in [0.3, 0.4) is 0 Å². The van der Waals surface area contributed by atoms with Crippen LogP contribution in [0.4, 0.5) is 0 Å². The van der Waals surface area contributed by atoms with E-state index in [-0.39, 0.29) is 24.7 Å². The van der Waals surface area contributed by atoms with Crippen molar-refractivity contribution in [2.45, 2.75) is 34.3 Å². The van der Waals surface area contributed by atoms with Gasteiger partial charge in [-0.05, 0) is 50.6 Å². The van der Waals surface area contributed by atoms with Crippen LogP contribution in [0.25, 0.3) is 10.8 Å². The van der Waals surface area contributed by atoms with Crippen LogP contribution in [-0.2, 0) is 16.1 Å². The van der Waals surface area contributed by atoms with E-state index < -0.39 is 5.97 Å². The Balaban J connectivity index is 1.85. The molecule has 0 fully saturated rings. The Hall–Kier alpha value is -3.35. The summed E-state index contributed by atoms with van der Waals surface area (Å²) in [5.74, 6) is 0.221. The lowest BCUT2D eigenvalue weighted by molar-refractivity contribution is -0.134. The Morgan fingerprint density at radius 2 is 1.73 bits per heavy atom. The second-order valence-corrected chi connectivity index (χ2v) is 6.93. The molecule has 0 N–H and O–H groups in total. The second kappa shape index (κ2) is 9.43. The molecule has 1 aromatic heterocycles. The molecule has 0 atom stereocenters. The van der Waals surface area contributed by atoms with E-state index in [1.807, 2.05) is 52.0 Å². The summed E-state index contributed by atoms with van der Waals surface area (Å²) in [6, 6.07) is 11.2. The molecule has 158 valence electrons. The van der Waals surface area contributed by atoms with Gasteiger partial charge >= 0.3 is 5.97 Å². The van der Waals surface area contributed by atoms with Gasteiger partial charge in [0, 0.05) is 13.1 Å². The maximum Gasteiger partial charge on any atom is 0.342 e. The third-order valence-corrected chi connectivity index (χ3v) is 5.06. The highest BCUT2D eigenvalue weighted by Crippen LogP contribution is 2.28. The normalized spacial score (nSPS) is 10.8. The van der Waals surface area contributed by atoms with Crippen molar-refractivity contribution in [1.82, 2.24) is 10.1 Å². The van der Waals surface area contributed by atoms with Gasteiger partial charge in [0.1, 0.15) is 23.7 Å². The molecule has 0 spiro atoms. The minimum Gasteiger partial charge on any atom is -0.488 e. The SMILES string of the molecule is CCN(CC)C(=O)COC(=O)c1cc2ccccc2cc1OCc1c(C)noc1C. The highest BCUT2D eigenvalue weighted by Gasteiger charge is 2.20. The van der Waals surface area contributed by atoms with Crippen molar-refractivity contribution in [2.24, 2.45) is 0 Å². The number of carbonyl (C=O) groups excluding carboxylic acids is 2. The fourth-order valence-corrected chi connectivity index (χ4v) is 3.23. The molecule has 0 bridgehead atoms. The maximum atomic E-state index is 12.8. The molecule has 0 unspecified atom stereocenters. The summed E-state index contributed by atoms with van der Waals surface area (Å²) >= 11 is 0. The van der Waals surface area contributed by atoms with E-state index >= 15 is 0 Å². The smallest absolute Gasteiger partial charge is 0.342 e. The maximum absolute atomic E-state index is 12.8. The van der Waals surface area contributed by atoms with Crippen molar-refractivity contribution in [3.05, 3.63) is 59.0 Å². The highest BCUT2D eigenvalue weighted by atomic mass is 16.5. The summed E-state index contributed by atoms with van der Waals surface area (Å²) in [4.78, 5) is 26.6. The van der Waals surface area contributed by atoms with E-state index in [4.69, 9.17) is 14.0 Å². The number of carbonyl (C=O) groups is 2. The van der Waals surface area contributed by atoms with Gasteiger partial charge in [-0.1, -0.05) is 29.4 Å². The number of likely N-dealkylation sites (N-methyl/N-ethyl adjacent to an activating group) is 1. The lowest BCUT2D eigenvalue weighted by atomic mass is 10.1. The Labute approximate surface area is 175 Å². The number of fused-ring (bicyclic) bond motifs is 1. The summed E-state index contributed by atoms with van der Waals surface area (Å²) in [5, 5.41) is 5.74. The molecular weight excluding hydrogens is 384 g/mol. The largest absolute Gasteiger partial charge is 0.488 e. The summed E-state index contributed by atoms with van der Waals surface area (Å²) in [5.41, 5.74) is 1.84. The number of hydrogen-bond acceptors (Lipinski definition) is 6. The van der Waals surface area contributed by atoms with Gasteiger partial charge in [-0.25, -0.2) is 4.79 Å². The molecule has 0 saturated heterocycles. The van der Waals surface area contributed by atoms with Crippen LogP contribution in [0.5, 0.6) is 5.75 Å². The molecule has 0 saturated carbocycles. The number of rotatable bonds is 8. The molecular formula is C23H26N2O5. The van der Waals surface area contributed by atoms with Crippen molar-refractivity contribution in [3.63, 3.8) is 0 Å². The Kier molecular flexibility index (Phi) is 6.72. The first-order valence-electron chi connectivity index (χ1n) is 9.96. The number of hydrogen-bond donors (Lipinski definition) is 0. The van der Waals surface area contributed by atoms with Crippen molar-refractivity contribution in [3.8, 4) is 5.75 Å². The molecule has 7 heteroatoms. The Morgan fingerprint density at radius 3 is 2.33 bits per heavy atom. The number of nitrogens with zero attached hydrogens (tertiary/aromatic N) is 2. The molecule has 0 aliphatic carbocycles.